The van der Waals surface area contributed by atoms with E-state index < -0.39 is 12.0 Å². The number of benzene rings is 3. The minimum atomic E-state index is -0.804. The second-order valence-corrected chi connectivity index (χ2v) is 8.09. The molecule has 3 aromatic carbocycles. The lowest BCUT2D eigenvalue weighted by molar-refractivity contribution is -0.142. The molecule has 1 aliphatic rings. The molecule has 1 N–H and O–H groups in total. The molecule has 2 atom stereocenters. The number of aliphatic carboxylic acids is 1. The molecule has 1 saturated heterocycles. The van der Waals surface area contributed by atoms with Gasteiger partial charge in [0.25, 0.3) is 0 Å². The molecule has 1 heterocycles. The third-order valence-corrected chi connectivity index (χ3v) is 6.07. The molecular formula is C27H29NO5. The zero-order valence-electron chi connectivity index (χ0n) is 18.9. The Kier molecular flexibility index (Phi) is 7.15. The summed E-state index contributed by atoms with van der Waals surface area (Å²) in [5.41, 5.74) is 2.94. The summed E-state index contributed by atoms with van der Waals surface area (Å²) in [5, 5.41) is 9.88. The normalized spacial score (nSPS) is 16.8. The van der Waals surface area contributed by atoms with Crippen LogP contribution >= 0.6 is 0 Å². The number of methoxy groups -OCH3 is 2. The number of likely N-dealkylation sites (tertiary alicyclic amines) is 1. The number of carboxylic acids is 1. The van der Waals surface area contributed by atoms with Crippen molar-refractivity contribution in [2.45, 2.75) is 31.5 Å². The van der Waals surface area contributed by atoms with Gasteiger partial charge in [-0.05, 0) is 48.2 Å². The van der Waals surface area contributed by atoms with Crippen molar-refractivity contribution in [2.75, 3.05) is 20.8 Å². The van der Waals surface area contributed by atoms with E-state index in [0.717, 1.165) is 28.9 Å². The Hall–Kier alpha value is -3.51. The van der Waals surface area contributed by atoms with E-state index in [4.69, 9.17) is 14.2 Å². The van der Waals surface area contributed by atoms with E-state index in [0.29, 0.717) is 31.1 Å². The highest BCUT2D eigenvalue weighted by Crippen LogP contribution is 2.41. The van der Waals surface area contributed by atoms with Crippen LogP contribution in [0.15, 0.2) is 72.8 Å². The van der Waals surface area contributed by atoms with E-state index in [-0.39, 0.29) is 6.04 Å². The molecule has 6 heteroatoms. The molecule has 0 aliphatic carbocycles. The van der Waals surface area contributed by atoms with Crippen LogP contribution in [-0.4, -0.2) is 42.8 Å². The first-order valence-corrected chi connectivity index (χ1v) is 11.1. The molecule has 4 rings (SSSR count). The highest BCUT2D eigenvalue weighted by atomic mass is 16.5. The lowest BCUT2D eigenvalue weighted by Crippen LogP contribution is -2.39. The van der Waals surface area contributed by atoms with Gasteiger partial charge in [-0.3, -0.25) is 9.69 Å². The number of hydrogen-bond donors (Lipinski definition) is 1. The van der Waals surface area contributed by atoms with E-state index in [1.807, 2.05) is 77.7 Å². The molecule has 0 saturated carbocycles. The summed E-state index contributed by atoms with van der Waals surface area (Å²) in [6, 6.07) is 22.7. The molecule has 0 spiro atoms. The summed E-state index contributed by atoms with van der Waals surface area (Å²) >= 11 is 0. The van der Waals surface area contributed by atoms with Gasteiger partial charge < -0.3 is 19.3 Å². The maximum absolute atomic E-state index is 12.0. The highest BCUT2D eigenvalue weighted by molar-refractivity contribution is 5.74. The molecule has 0 bridgehead atoms. The Bertz CT molecular complexity index is 1080. The fourth-order valence-electron chi connectivity index (χ4n) is 4.47. The maximum Gasteiger partial charge on any atom is 0.320 e. The lowest BCUT2D eigenvalue weighted by atomic mass is 9.95. The number of hydrogen-bond acceptors (Lipinski definition) is 5. The monoisotopic (exact) mass is 447 g/mol. The SMILES string of the molecule is COc1ccc(C(c2cccc(OCc3ccccc3)c2)N2CCCC2C(=O)O)c(OC)c1. The summed E-state index contributed by atoms with van der Waals surface area (Å²) in [4.78, 5) is 14.1. The molecule has 0 aromatic heterocycles. The first-order valence-electron chi connectivity index (χ1n) is 11.1. The predicted molar refractivity (Wildman–Crippen MR) is 126 cm³/mol. The van der Waals surface area contributed by atoms with Gasteiger partial charge in [0.1, 0.15) is 29.9 Å². The van der Waals surface area contributed by atoms with Gasteiger partial charge in [0.15, 0.2) is 0 Å². The fraction of sp³-hybridized carbons (Fsp3) is 0.296. The Labute approximate surface area is 194 Å². The average Bonchev–Trinajstić information content (AvgIpc) is 3.34. The Morgan fingerprint density at radius 3 is 2.55 bits per heavy atom. The minimum absolute atomic E-state index is 0.297. The molecular weight excluding hydrogens is 418 g/mol. The van der Waals surface area contributed by atoms with Crippen molar-refractivity contribution in [3.8, 4) is 17.2 Å². The van der Waals surface area contributed by atoms with Gasteiger partial charge in [-0.2, -0.15) is 0 Å². The number of carbonyl (C=O) groups is 1. The van der Waals surface area contributed by atoms with Crippen molar-refractivity contribution < 1.29 is 24.1 Å². The number of ether oxygens (including phenoxy) is 3. The van der Waals surface area contributed by atoms with Gasteiger partial charge in [0.05, 0.1) is 20.3 Å². The molecule has 3 aromatic rings. The van der Waals surface area contributed by atoms with Crippen LogP contribution in [0.1, 0.15) is 35.6 Å². The van der Waals surface area contributed by atoms with E-state index in [1.165, 1.54) is 0 Å². The molecule has 2 unspecified atom stereocenters. The van der Waals surface area contributed by atoms with Gasteiger partial charge in [0.2, 0.25) is 0 Å². The van der Waals surface area contributed by atoms with Crippen LogP contribution < -0.4 is 14.2 Å². The number of rotatable bonds is 9. The first-order chi connectivity index (χ1) is 16.1. The standard InChI is InChI=1S/C27H29NO5/c1-31-21-13-14-23(25(17-21)32-2)26(28-15-7-12-24(28)27(29)30)20-10-6-11-22(16-20)33-18-19-8-4-3-5-9-19/h3-6,8-11,13-14,16-17,24,26H,7,12,15,18H2,1-2H3,(H,29,30). The Morgan fingerprint density at radius 1 is 1.00 bits per heavy atom. The van der Waals surface area contributed by atoms with Crippen molar-refractivity contribution in [3.63, 3.8) is 0 Å². The van der Waals surface area contributed by atoms with Crippen molar-refractivity contribution in [3.05, 3.63) is 89.5 Å². The third-order valence-electron chi connectivity index (χ3n) is 6.07. The molecule has 172 valence electrons. The zero-order valence-corrected chi connectivity index (χ0v) is 18.9. The lowest BCUT2D eigenvalue weighted by Gasteiger charge is -2.33. The van der Waals surface area contributed by atoms with Gasteiger partial charge in [0, 0.05) is 18.2 Å². The zero-order chi connectivity index (χ0) is 23.2. The van der Waals surface area contributed by atoms with Crippen LogP contribution in [0.4, 0.5) is 0 Å². The Morgan fingerprint density at radius 2 is 1.82 bits per heavy atom. The van der Waals surface area contributed by atoms with Crippen molar-refractivity contribution >= 4 is 5.97 Å². The molecule has 1 aliphatic heterocycles. The summed E-state index contributed by atoms with van der Waals surface area (Å²) < 4.78 is 17.1. The summed E-state index contributed by atoms with van der Waals surface area (Å²) in [6.45, 7) is 1.15. The second kappa shape index (κ2) is 10.4. The Balaban J connectivity index is 1.72. The third kappa shape index (κ3) is 5.12. The van der Waals surface area contributed by atoms with E-state index in [1.54, 1.807) is 14.2 Å². The molecule has 0 amide bonds. The highest BCUT2D eigenvalue weighted by Gasteiger charge is 2.38. The maximum atomic E-state index is 12.0. The van der Waals surface area contributed by atoms with Crippen LogP contribution in [0.5, 0.6) is 17.2 Å². The van der Waals surface area contributed by atoms with Crippen molar-refractivity contribution in [2.24, 2.45) is 0 Å². The van der Waals surface area contributed by atoms with Crippen LogP contribution in [0.2, 0.25) is 0 Å². The van der Waals surface area contributed by atoms with Crippen LogP contribution in [0, 0.1) is 0 Å². The largest absolute Gasteiger partial charge is 0.497 e. The summed E-state index contributed by atoms with van der Waals surface area (Å²) in [6.07, 6.45) is 1.45. The van der Waals surface area contributed by atoms with Crippen molar-refractivity contribution in [1.29, 1.82) is 0 Å². The summed E-state index contributed by atoms with van der Waals surface area (Å²) in [5.74, 6) is 1.28. The predicted octanol–water partition coefficient (Wildman–Crippen LogP) is 4.92. The molecule has 0 radical (unpaired) electrons. The fourth-order valence-corrected chi connectivity index (χ4v) is 4.47. The smallest absolute Gasteiger partial charge is 0.320 e. The van der Waals surface area contributed by atoms with Crippen LogP contribution in [-0.2, 0) is 11.4 Å². The number of nitrogens with zero attached hydrogens (tertiary/aromatic N) is 1. The molecule has 33 heavy (non-hydrogen) atoms. The molecule has 1 fully saturated rings. The van der Waals surface area contributed by atoms with Crippen molar-refractivity contribution in [1.82, 2.24) is 4.90 Å². The first kappa shape index (κ1) is 22.7. The summed E-state index contributed by atoms with van der Waals surface area (Å²) in [7, 11) is 3.23. The topological polar surface area (TPSA) is 68.2 Å². The quantitative estimate of drug-likeness (QED) is 0.502. The van der Waals surface area contributed by atoms with E-state index in [9.17, 15) is 9.90 Å². The number of carboxylic acid groups (broad SMARTS) is 1. The van der Waals surface area contributed by atoms with E-state index >= 15 is 0 Å². The van der Waals surface area contributed by atoms with Crippen LogP contribution in [0.25, 0.3) is 0 Å². The second-order valence-electron chi connectivity index (χ2n) is 8.09. The van der Waals surface area contributed by atoms with E-state index in [2.05, 4.69) is 0 Å². The average molecular weight is 448 g/mol. The minimum Gasteiger partial charge on any atom is -0.497 e. The van der Waals surface area contributed by atoms with Gasteiger partial charge in [-0.25, -0.2) is 0 Å². The van der Waals surface area contributed by atoms with Gasteiger partial charge in [-0.1, -0.05) is 42.5 Å². The van der Waals surface area contributed by atoms with Crippen LogP contribution in [0.3, 0.4) is 0 Å². The van der Waals surface area contributed by atoms with Gasteiger partial charge >= 0.3 is 5.97 Å². The molecule has 6 nitrogen and oxygen atoms in total. The van der Waals surface area contributed by atoms with Gasteiger partial charge in [-0.15, -0.1) is 0 Å².